The van der Waals surface area contributed by atoms with E-state index in [9.17, 15) is 14.0 Å². The smallest absolute Gasteiger partial charge is 0.276 e. The van der Waals surface area contributed by atoms with Crippen molar-refractivity contribution >= 4 is 17.5 Å². The van der Waals surface area contributed by atoms with Crippen molar-refractivity contribution in [2.24, 2.45) is 0 Å². The van der Waals surface area contributed by atoms with Gasteiger partial charge in [0.25, 0.3) is 11.8 Å². The van der Waals surface area contributed by atoms with Gasteiger partial charge in [0.05, 0.1) is 5.69 Å². The van der Waals surface area contributed by atoms with E-state index in [-0.39, 0.29) is 17.6 Å². The molecule has 0 spiro atoms. The number of amides is 2. The second-order valence-electron chi connectivity index (χ2n) is 8.80. The number of carbonyl (C=O) groups excluding carboxylic acids is 2. The highest BCUT2D eigenvalue weighted by molar-refractivity contribution is 6.06. The van der Waals surface area contributed by atoms with E-state index in [1.165, 1.54) is 12.1 Å². The van der Waals surface area contributed by atoms with Crippen LogP contribution in [-0.2, 0) is 12.8 Å². The maximum atomic E-state index is 13.4. The van der Waals surface area contributed by atoms with Crippen LogP contribution < -0.4 is 5.32 Å². The van der Waals surface area contributed by atoms with Crippen LogP contribution in [0.4, 0.5) is 10.1 Å². The first-order valence-corrected chi connectivity index (χ1v) is 11.6. The first kappa shape index (κ1) is 21.4. The molecule has 1 saturated heterocycles. The van der Waals surface area contributed by atoms with Crippen LogP contribution in [0.25, 0.3) is 5.69 Å². The third-order valence-electron chi connectivity index (χ3n) is 6.67. The molecule has 7 heteroatoms. The minimum Gasteiger partial charge on any atom is -0.339 e. The summed E-state index contributed by atoms with van der Waals surface area (Å²) in [6.07, 6.45) is 5.70. The van der Waals surface area contributed by atoms with E-state index in [0.29, 0.717) is 16.9 Å². The molecule has 2 amide bonds. The molecular weight excluding hydrogens is 419 g/mol. The van der Waals surface area contributed by atoms with Crippen molar-refractivity contribution in [3.8, 4) is 5.69 Å². The first-order chi connectivity index (χ1) is 16.0. The molecule has 1 aromatic heterocycles. The molecule has 3 aromatic rings. The molecule has 1 fully saturated rings. The molecule has 0 unspecified atom stereocenters. The van der Waals surface area contributed by atoms with Crippen molar-refractivity contribution in [3.63, 3.8) is 0 Å². The Morgan fingerprint density at radius 2 is 1.70 bits per heavy atom. The number of nitrogens with one attached hydrogen (secondary N) is 1. The predicted molar refractivity (Wildman–Crippen MR) is 124 cm³/mol. The normalized spacial score (nSPS) is 15.4. The Balaban J connectivity index is 1.45. The summed E-state index contributed by atoms with van der Waals surface area (Å²) in [5.74, 6) is -0.585. The molecule has 0 bridgehead atoms. The van der Waals surface area contributed by atoms with Crippen molar-refractivity contribution in [2.75, 3.05) is 18.4 Å². The van der Waals surface area contributed by atoms with Gasteiger partial charge in [-0.25, -0.2) is 9.07 Å². The number of fused-ring (bicyclic) bond motifs is 1. The van der Waals surface area contributed by atoms with Gasteiger partial charge in [-0.15, -0.1) is 0 Å². The molecule has 1 N–H and O–H groups in total. The number of hydrogen-bond acceptors (Lipinski definition) is 3. The minimum absolute atomic E-state index is 0.0130. The number of benzene rings is 2. The van der Waals surface area contributed by atoms with Crippen molar-refractivity contribution in [1.82, 2.24) is 14.7 Å². The average Bonchev–Trinajstić information content (AvgIpc) is 3.49. The van der Waals surface area contributed by atoms with E-state index in [4.69, 9.17) is 0 Å². The zero-order chi connectivity index (χ0) is 22.9. The van der Waals surface area contributed by atoms with Crippen molar-refractivity contribution < 1.29 is 14.0 Å². The fourth-order valence-electron chi connectivity index (χ4n) is 4.85. The molecule has 2 aromatic carbocycles. The summed E-state index contributed by atoms with van der Waals surface area (Å²) in [6, 6.07) is 11.6. The summed E-state index contributed by atoms with van der Waals surface area (Å²) in [6.45, 7) is 3.43. The lowest BCUT2D eigenvalue weighted by Crippen LogP contribution is -2.28. The highest BCUT2D eigenvalue weighted by atomic mass is 19.1. The lowest BCUT2D eigenvalue weighted by Gasteiger charge is -2.18. The summed E-state index contributed by atoms with van der Waals surface area (Å²) in [5.41, 5.74) is 5.08. The van der Waals surface area contributed by atoms with Crippen molar-refractivity contribution in [2.45, 2.75) is 45.4 Å². The minimum atomic E-state index is -0.309. The SMILES string of the molecule is Cc1c(NC(=O)c2nn(-c3ccc(F)cc3)c3c2CCCC3)cccc1C(=O)N1CCCC1. The molecule has 2 aliphatic rings. The quantitative estimate of drug-likeness (QED) is 0.632. The van der Waals surface area contributed by atoms with E-state index in [0.717, 1.165) is 74.1 Å². The third-order valence-corrected chi connectivity index (χ3v) is 6.67. The summed E-state index contributed by atoms with van der Waals surface area (Å²) in [4.78, 5) is 28.1. The van der Waals surface area contributed by atoms with Crippen molar-refractivity contribution in [1.29, 1.82) is 0 Å². The number of anilines is 1. The third kappa shape index (κ3) is 4.03. The fraction of sp³-hybridized carbons (Fsp3) is 0.346. The van der Waals surface area contributed by atoms with Gasteiger partial charge < -0.3 is 10.2 Å². The summed E-state index contributed by atoms with van der Waals surface area (Å²) in [5, 5.41) is 7.64. The maximum absolute atomic E-state index is 13.4. The number of hydrogen-bond donors (Lipinski definition) is 1. The van der Waals surface area contributed by atoms with E-state index < -0.39 is 0 Å². The zero-order valence-corrected chi connectivity index (χ0v) is 18.7. The first-order valence-electron chi connectivity index (χ1n) is 11.6. The van der Waals surface area contributed by atoms with Crippen molar-refractivity contribution in [3.05, 3.63) is 76.4 Å². The number of halogens is 1. The zero-order valence-electron chi connectivity index (χ0n) is 18.7. The molecule has 0 atom stereocenters. The summed E-state index contributed by atoms with van der Waals surface area (Å²) < 4.78 is 15.2. The molecule has 33 heavy (non-hydrogen) atoms. The average molecular weight is 447 g/mol. The van der Waals surface area contributed by atoms with Gasteiger partial charge in [-0.05, 0) is 87.4 Å². The molecule has 2 heterocycles. The van der Waals surface area contributed by atoms with Gasteiger partial charge in [0, 0.05) is 35.6 Å². The lowest BCUT2D eigenvalue weighted by molar-refractivity contribution is 0.0791. The second kappa shape index (κ2) is 8.81. The van der Waals surface area contributed by atoms with Gasteiger partial charge in [-0.1, -0.05) is 6.07 Å². The number of likely N-dealkylation sites (tertiary alicyclic amines) is 1. The highest BCUT2D eigenvalue weighted by Crippen LogP contribution is 2.29. The number of carbonyl (C=O) groups is 2. The maximum Gasteiger partial charge on any atom is 0.276 e. The van der Waals surface area contributed by atoms with Crippen LogP contribution in [0.3, 0.4) is 0 Å². The molecular formula is C26H27FN4O2. The number of aromatic nitrogens is 2. The molecule has 0 radical (unpaired) electrons. The van der Waals surface area contributed by atoms with Gasteiger partial charge in [-0.3, -0.25) is 9.59 Å². The second-order valence-corrected chi connectivity index (χ2v) is 8.80. The Morgan fingerprint density at radius 3 is 2.45 bits per heavy atom. The monoisotopic (exact) mass is 446 g/mol. The van der Waals surface area contributed by atoms with Crippen LogP contribution in [0.2, 0.25) is 0 Å². The fourth-order valence-corrected chi connectivity index (χ4v) is 4.85. The Hall–Kier alpha value is -3.48. The molecule has 5 rings (SSSR count). The lowest BCUT2D eigenvalue weighted by atomic mass is 9.95. The van der Waals surface area contributed by atoms with Crippen LogP contribution in [0.5, 0.6) is 0 Å². The summed E-state index contributed by atoms with van der Waals surface area (Å²) >= 11 is 0. The Bertz CT molecular complexity index is 1210. The molecule has 0 saturated carbocycles. The van der Waals surface area contributed by atoms with E-state index in [2.05, 4.69) is 10.4 Å². The Labute approximate surface area is 192 Å². The van der Waals surface area contributed by atoms with Gasteiger partial charge in [0.15, 0.2) is 5.69 Å². The molecule has 170 valence electrons. The van der Waals surface area contributed by atoms with Crippen LogP contribution in [0.1, 0.15) is 63.4 Å². The Morgan fingerprint density at radius 1 is 0.970 bits per heavy atom. The van der Waals surface area contributed by atoms with Crippen LogP contribution in [0, 0.1) is 12.7 Å². The number of rotatable bonds is 4. The van der Waals surface area contributed by atoms with Crippen LogP contribution >= 0.6 is 0 Å². The van der Waals surface area contributed by atoms with Gasteiger partial charge in [0.1, 0.15) is 5.82 Å². The highest BCUT2D eigenvalue weighted by Gasteiger charge is 2.27. The summed E-state index contributed by atoms with van der Waals surface area (Å²) in [7, 11) is 0. The van der Waals surface area contributed by atoms with Crippen LogP contribution in [-0.4, -0.2) is 39.6 Å². The van der Waals surface area contributed by atoms with Gasteiger partial charge in [0.2, 0.25) is 0 Å². The van der Waals surface area contributed by atoms with Gasteiger partial charge in [-0.2, -0.15) is 5.10 Å². The topological polar surface area (TPSA) is 67.2 Å². The standard InChI is InChI=1S/C26H27FN4O2/c1-17-20(26(33)30-15-4-5-16-30)8-6-9-22(17)28-25(32)24-21-7-2-3-10-23(21)31(29-24)19-13-11-18(27)12-14-19/h6,8-9,11-14H,2-5,7,10,15-16H2,1H3,(H,28,32). The molecule has 6 nitrogen and oxygen atoms in total. The predicted octanol–water partition coefficient (Wildman–Crippen LogP) is 4.69. The van der Waals surface area contributed by atoms with E-state index >= 15 is 0 Å². The Kier molecular flexibility index (Phi) is 5.70. The number of nitrogens with zero attached hydrogens (tertiary/aromatic N) is 3. The largest absolute Gasteiger partial charge is 0.339 e. The van der Waals surface area contributed by atoms with E-state index in [1.807, 2.05) is 24.0 Å². The molecule has 1 aliphatic heterocycles. The van der Waals surface area contributed by atoms with Crippen LogP contribution in [0.15, 0.2) is 42.5 Å². The molecule has 1 aliphatic carbocycles. The van der Waals surface area contributed by atoms with E-state index in [1.54, 1.807) is 22.9 Å². The van der Waals surface area contributed by atoms with Gasteiger partial charge >= 0.3 is 0 Å².